The molecule has 0 aliphatic heterocycles. The highest BCUT2D eigenvalue weighted by molar-refractivity contribution is 6.33. The van der Waals surface area contributed by atoms with Crippen molar-refractivity contribution >= 4 is 11.6 Å². The minimum atomic E-state index is -4.55. The molecule has 0 spiro atoms. The standard InChI is InChI=1S/C18H24ClF3N4O/c1-4-7-27-17-9-15(19)12(8-14(17)18(20,21)22)13-10-24-25-16(13)11-26(3)6-5-23-2/h8-10,23H,4-7,11H2,1-3H3,(H,24,25). The number of hydrogen-bond acceptors (Lipinski definition) is 4. The molecular weight excluding hydrogens is 381 g/mol. The summed E-state index contributed by atoms with van der Waals surface area (Å²) < 4.78 is 45.8. The van der Waals surface area contributed by atoms with Crippen LogP contribution in [0.2, 0.25) is 5.02 Å². The molecule has 9 heteroatoms. The molecule has 0 radical (unpaired) electrons. The van der Waals surface area contributed by atoms with E-state index in [1.807, 2.05) is 25.9 Å². The molecule has 0 bridgehead atoms. The number of rotatable bonds is 9. The second-order valence-electron chi connectivity index (χ2n) is 6.26. The number of aromatic amines is 1. The van der Waals surface area contributed by atoms with Gasteiger partial charge in [-0.2, -0.15) is 18.3 Å². The Hall–Kier alpha value is -1.77. The van der Waals surface area contributed by atoms with Crippen LogP contribution in [0.1, 0.15) is 24.6 Å². The molecule has 5 nitrogen and oxygen atoms in total. The highest BCUT2D eigenvalue weighted by atomic mass is 35.5. The quantitative estimate of drug-likeness (QED) is 0.658. The van der Waals surface area contributed by atoms with E-state index >= 15 is 0 Å². The number of aromatic nitrogens is 2. The second-order valence-corrected chi connectivity index (χ2v) is 6.67. The average Bonchev–Trinajstić information content (AvgIpc) is 3.04. The molecule has 0 fully saturated rings. The smallest absolute Gasteiger partial charge is 0.419 e. The lowest BCUT2D eigenvalue weighted by Crippen LogP contribution is -2.27. The first-order chi connectivity index (χ1) is 12.8. The van der Waals surface area contributed by atoms with Gasteiger partial charge < -0.3 is 10.1 Å². The number of halogens is 4. The van der Waals surface area contributed by atoms with Crippen molar-refractivity contribution in [2.75, 3.05) is 33.8 Å². The van der Waals surface area contributed by atoms with Gasteiger partial charge in [0.1, 0.15) is 5.75 Å². The fraction of sp³-hybridized carbons (Fsp3) is 0.500. The second kappa shape index (κ2) is 9.43. The van der Waals surface area contributed by atoms with E-state index < -0.39 is 11.7 Å². The topological polar surface area (TPSA) is 53.2 Å². The molecule has 1 heterocycles. The van der Waals surface area contributed by atoms with Gasteiger partial charge in [0.25, 0.3) is 0 Å². The Bertz CT molecular complexity index is 749. The number of ether oxygens (including phenoxy) is 1. The monoisotopic (exact) mass is 404 g/mol. The van der Waals surface area contributed by atoms with Gasteiger partial charge in [-0.05, 0) is 26.6 Å². The van der Waals surface area contributed by atoms with Crippen molar-refractivity contribution in [2.45, 2.75) is 26.1 Å². The van der Waals surface area contributed by atoms with Crippen molar-refractivity contribution in [3.05, 3.63) is 34.6 Å². The maximum absolute atomic E-state index is 13.5. The van der Waals surface area contributed by atoms with Crippen LogP contribution in [0.15, 0.2) is 18.3 Å². The van der Waals surface area contributed by atoms with Crippen LogP contribution in [0.5, 0.6) is 5.75 Å². The van der Waals surface area contributed by atoms with Crippen molar-refractivity contribution in [1.29, 1.82) is 0 Å². The van der Waals surface area contributed by atoms with Crippen LogP contribution >= 0.6 is 11.6 Å². The molecule has 2 rings (SSSR count). The van der Waals surface area contributed by atoms with Crippen LogP contribution in [0, 0.1) is 0 Å². The number of nitrogens with zero attached hydrogens (tertiary/aromatic N) is 2. The molecule has 1 aromatic carbocycles. The summed E-state index contributed by atoms with van der Waals surface area (Å²) in [4.78, 5) is 2.02. The Morgan fingerprint density at radius 3 is 2.67 bits per heavy atom. The molecule has 0 aliphatic rings. The third-order valence-corrected chi connectivity index (χ3v) is 4.32. The van der Waals surface area contributed by atoms with E-state index in [9.17, 15) is 13.2 Å². The van der Waals surface area contributed by atoms with Crippen LogP contribution in [0.25, 0.3) is 11.1 Å². The maximum Gasteiger partial charge on any atom is 0.419 e. The average molecular weight is 405 g/mol. The summed E-state index contributed by atoms with van der Waals surface area (Å²) in [6.45, 7) is 4.05. The Kier molecular flexibility index (Phi) is 7.52. The predicted molar refractivity (Wildman–Crippen MR) is 100 cm³/mol. The first-order valence-electron chi connectivity index (χ1n) is 8.67. The highest BCUT2D eigenvalue weighted by Crippen LogP contribution is 2.42. The Labute approximate surface area is 161 Å². The number of nitrogens with one attached hydrogen (secondary N) is 2. The van der Waals surface area contributed by atoms with Gasteiger partial charge in [0.15, 0.2) is 0 Å². The van der Waals surface area contributed by atoms with Crippen molar-refractivity contribution in [3.8, 4) is 16.9 Å². The molecular formula is C18H24ClF3N4O. The summed E-state index contributed by atoms with van der Waals surface area (Å²) in [5.74, 6) is -0.255. The summed E-state index contributed by atoms with van der Waals surface area (Å²) in [6.07, 6.45) is -2.38. The zero-order valence-corrected chi connectivity index (χ0v) is 16.3. The Balaban J connectivity index is 2.40. The first-order valence-corrected chi connectivity index (χ1v) is 9.05. The molecule has 27 heavy (non-hydrogen) atoms. The lowest BCUT2D eigenvalue weighted by atomic mass is 10.0. The Morgan fingerprint density at radius 2 is 2.04 bits per heavy atom. The van der Waals surface area contributed by atoms with Gasteiger partial charge in [0.05, 0.1) is 22.9 Å². The Morgan fingerprint density at radius 1 is 1.30 bits per heavy atom. The summed E-state index contributed by atoms with van der Waals surface area (Å²) in [5.41, 5.74) is 0.611. The van der Waals surface area contributed by atoms with Gasteiger partial charge in [-0.1, -0.05) is 18.5 Å². The molecule has 2 N–H and O–H groups in total. The summed E-state index contributed by atoms with van der Waals surface area (Å²) in [5, 5.41) is 10.2. The zero-order chi connectivity index (χ0) is 20.0. The predicted octanol–water partition coefficient (Wildman–Crippen LogP) is 4.19. The largest absolute Gasteiger partial charge is 0.493 e. The number of alkyl halides is 3. The molecule has 150 valence electrons. The molecule has 2 aromatic rings. The molecule has 0 atom stereocenters. The van der Waals surface area contributed by atoms with Gasteiger partial charge in [0.2, 0.25) is 0 Å². The lowest BCUT2D eigenvalue weighted by molar-refractivity contribution is -0.138. The molecule has 1 aromatic heterocycles. The van der Waals surface area contributed by atoms with Crippen LogP contribution in [-0.4, -0.2) is 48.9 Å². The van der Waals surface area contributed by atoms with E-state index in [1.165, 1.54) is 6.07 Å². The third-order valence-electron chi connectivity index (χ3n) is 4.01. The fourth-order valence-corrected chi connectivity index (χ4v) is 2.88. The first kappa shape index (κ1) is 21.5. The molecule has 0 aliphatic carbocycles. The fourth-order valence-electron chi connectivity index (χ4n) is 2.62. The third kappa shape index (κ3) is 5.60. The molecule has 0 unspecified atom stereocenters. The van der Waals surface area contributed by atoms with E-state index in [4.69, 9.17) is 16.3 Å². The van der Waals surface area contributed by atoms with E-state index in [0.717, 1.165) is 19.2 Å². The van der Waals surface area contributed by atoms with Crippen molar-refractivity contribution in [1.82, 2.24) is 20.4 Å². The molecule has 0 saturated carbocycles. The van der Waals surface area contributed by atoms with Crippen molar-refractivity contribution in [3.63, 3.8) is 0 Å². The van der Waals surface area contributed by atoms with Crippen molar-refractivity contribution < 1.29 is 17.9 Å². The van der Waals surface area contributed by atoms with Crippen LogP contribution in [-0.2, 0) is 12.7 Å². The van der Waals surface area contributed by atoms with E-state index in [2.05, 4.69) is 15.5 Å². The number of benzene rings is 1. The molecule has 0 amide bonds. The minimum absolute atomic E-state index is 0.186. The van der Waals surface area contributed by atoms with E-state index in [1.54, 1.807) is 6.20 Å². The van der Waals surface area contributed by atoms with Crippen molar-refractivity contribution in [2.24, 2.45) is 0 Å². The minimum Gasteiger partial charge on any atom is -0.493 e. The zero-order valence-electron chi connectivity index (χ0n) is 15.6. The number of H-pyrrole nitrogens is 1. The van der Waals surface area contributed by atoms with Crippen LogP contribution in [0.3, 0.4) is 0 Å². The van der Waals surface area contributed by atoms with E-state index in [-0.39, 0.29) is 22.9 Å². The van der Waals surface area contributed by atoms with Gasteiger partial charge in [0, 0.05) is 43.0 Å². The number of likely N-dealkylation sites (N-methyl/N-ethyl adjacent to an activating group) is 2. The number of hydrogen-bond donors (Lipinski definition) is 2. The highest BCUT2D eigenvalue weighted by Gasteiger charge is 2.35. The molecule has 0 saturated heterocycles. The van der Waals surface area contributed by atoms with Gasteiger partial charge in [-0.15, -0.1) is 0 Å². The SMILES string of the molecule is CCCOc1cc(Cl)c(-c2c[nH]nc2CN(C)CCNC)cc1C(F)(F)F. The van der Waals surface area contributed by atoms with E-state index in [0.29, 0.717) is 24.2 Å². The van der Waals surface area contributed by atoms with Gasteiger partial charge >= 0.3 is 6.18 Å². The van der Waals surface area contributed by atoms with Crippen LogP contribution in [0.4, 0.5) is 13.2 Å². The van der Waals surface area contributed by atoms with Gasteiger partial charge in [-0.3, -0.25) is 10.00 Å². The van der Waals surface area contributed by atoms with Crippen LogP contribution < -0.4 is 10.1 Å². The normalized spacial score (nSPS) is 12.0. The van der Waals surface area contributed by atoms with Gasteiger partial charge in [-0.25, -0.2) is 0 Å². The summed E-state index contributed by atoms with van der Waals surface area (Å²) in [6, 6.07) is 2.27. The summed E-state index contributed by atoms with van der Waals surface area (Å²) in [7, 11) is 3.77. The lowest BCUT2D eigenvalue weighted by Gasteiger charge is -2.18. The maximum atomic E-state index is 13.5. The summed E-state index contributed by atoms with van der Waals surface area (Å²) >= 11 is 6.30.